The van der Waals surface area contributed by atoms with E-state index in [4.69, 9.17) is 0 Å². The second-order valence-corrected chi connectivity index (χ2v) is 4.62. The van der Waals surface area contributed by atoms with Crippen molar-refractivity contribution in [2.45, 2.75) is 39.7 Å². The fourth-order valence-corrected chi connectivity index (χ4v) is 2.17. The van der Waals surface area contributed by atoms with Crippen molar-refractivity contribution in [2.75, 3.05) is 25.0 Å². The molecule has 0 aliphatic rings. The van der Waals surface area contributed by atoms with Crippen molar-refractivity contribution in [3.63, 3.8) is 0 Å². The average Bonchev–Trinajstić information content (AvgIpc) is 2.39. The van der Waals surface area contributed by atoms with Gasteiger partial charge in [0.05, 0.1) is 0 Å². The third kappa shape index (κ3) is 3.45. The lowest BCUT2D eigenvalue weighted by atomic mass is 10.0. The minimum absolute atomic E-state index is 0.0249. The van der Waals surface area contributed by atoms with Crippen LogP contribution in [-0.2, 0) is 0 Å². The number of unbranched alkanes of at least 4 members (excludes halogenated alkanes) is 1. The molecular weight excluding hydrogens is 227 g/mol. The maximum atomic E-state index is 14.0. The number of anilines is 1. The van der Waals surface area contributed by atoms with Gasteiger partial charge in [-0.25, -0.2) is 4.39 Å². The maximum absolute atomic E-state index is 14.0. The van der Waals surface area contributed by atoms with Crippen LogP contribution >= 0.6 is 0 Å². The predicted molar refractivity (Wildman–Crippen MR) is 76.7 cm³/mol. The molecule has 1 rings (SSSR count). The molecule has 1 N–H and O–H groups in total. The predicted octanol–water partition coefficient (Wildman–Crippen LogP) is 3.73. The van der Waals surface area contributed by atoms with Gasteiger partial charge in [0.2, 0.25) is 0 Å². The summed E-state index contributed by atoms with van der Waals surface area (Å²) in [6, 6.07) is 5.38. The van der Waals surface area contributed by atoms with Gasteiger partial charge < -0.3 is 10.2 Å². The fourth-order valence-electron chi connectivity index (χ4n) is 2.17. The first-order valence-electron chi connectivity index (χ1n) is 6.86. The van der Waals surface area contributed by atoms with Gasteiger partial charge in [0.25, 0.3) is 0 Å². The average molecular weight is 252 g/mol. The summed E-state index contributed by atoms with van der Waals surface area (Å²) in [5.74, 6) is -0.121. The third-order valence-electron chi connectivity index (χ3n) is 3.40. The zero-order chi connectivity index (χ0) is 13.5. The molecule has 0 radical (unpaired) electrons. The van der Waals surface area contributed by atoms with Crippen molar-refractivity contribution in [1.82, 2.24) is 5.32 Å². The van der Waals surface area contributed by atoms with E-state index in [1.807, 2.05) is 20.0 Å². The summed E-state index contributed by atoms with van der Waals surface area (Å²) in [5, 5.41) is 3.13. The molecule has 0 aliphatic heterocycles. The molecule has 0 aliphatic carbocycles. The topological polar surface area (TPSA) is 15.3 Å². The number of nitrogens with one attached hydrogen (secondary N) is 1. The molecule has 0 bridgehead atoms. The van der Waals surface area contributed by atoms with E-state index in [-0.39, 0.29) is 11.9 Å². The van der Waals surface area contributed by atoms with Crippen LogP contribution < -0.4 is 10.2 Å². The first-order valence-corrected chi connectivity index (χ1v) is 6.86. The molecule has 0 spiro atoms. The number of benzene rings is 1. The number of halogens is 1. The van der Waals surface area contributed by atoms with Crippen molar-refractivity contribution in [3.8, 4) is 0 Å². The van der Waals surface area contributed by atoms with E-state index >= 15 is 0 Å². The Morgan fingerprint density at radius 2 is 2.06 bits per heavy atom. The summed E-state index contributed by atoms with van der Waals surface area (Å²) in [6.07, 6.45) is 2.29. The minimum atomic E-state index is -0.121. The van der Waals surface area contributed by atoms with E-state index < -0.39 is 0 Å². The molecule has 1 unspecified atom stereocenters. The number of rotatable bonds is 7. The SMILES string of the molecule is CCCCN(CC)c1cccc(F)c1C(C)NC. The third-order valence-corrected chi connectivity index (χ3v) is 3.40. The summed E-state index contributed by atoms with van der Waals surface area (Å²) < 4.78 is 14.0. The monoisotopic (exact) mass is 252 g/mol. The highest BCUT2D eigenvalue weighted by atomic mass is 19.1. The Bertz CT molecular complexity index is 366. The summed E-state index contributed by atoms with van der Waals surface area (Å²) in [7, 11) is 1.86. The van der Waals surface area contributed by atoms with Gasteiger partial charge in [0.1, 0.15) is 5.82 Å². The Balaban J connectivity index is 3.08. The van der Waals surface area contributed by atoms with Gasteiger partial charge in [-0.1, -0.05) is 19.4 Å². The van der Waals surface area contributed by atoms with Gasteiger partial charge >= 0.3 is 0 Å². The van der Waals surface area contributed by atoms with Gasteiger partial charge in [0.15, 0.2) is 0 Å². The van der Waals surface area contributed by atoms with Crippen molar-refractivity contribution < 1.29 is 4.39 Å². The summed E-state index contributed by atoms with van der Waals surface area (Å²) >= 11 is 0. The van der Waals surface area contributed by atoms with Crippen LogP contribution in [0.5, 0.6) is 0 Å². The summed E-state index contributed by atoms with van der Waals surface area (Å²) in [5.41, 5.74) is 1.80. The first kappa shape index (κ1) is 15.0. The van der Waals surface area contributed by atoms with Crippen molar-refractivity contribution in [2.24, 2.45) is 0 Å². The van der Waals surface area contributed by atoms with E-state index in [0.717, 1.165) is 37.2 Å². The number of nitrogens with zero attached hydrogens (tertiary/aromatic N) is 1. The molecule has 18 heavy (non-hydrogen) atoms. The maximum Gasteiger partial charge on any atom is 0.130 e. The highest BCUT2D eigenvalue weighted by Gasteiger charge is 2.17. The Labute approximate surface area is 110 Å². The molecule has 0 aromatic heterocycles. The van der Waals surface area contributed by atoms with E-state index in [1.54, 1.807) is 12.1 Å². The second-order valence-electron chi connectivity index (χ2n) is 4.62. The van der Waals surface area contributed by atoms with Crippen LogP contribution in [0.15, 0.2) is 18.2 Å². The Morgan fingerprint density at radius 3 is 2.61 bits per heavy atom. The van der Waals surface area contributed by atoms with Gasteiger partial charge in [-0.3, -0.25) is 0 Å². The van der Waals surface area contributed by atoms with Gasteiger partial charge in [0, 0.05) is 30.4 Å². The standard InChI is InChI=1S/C15H25FN2/c1-5-7-11-18(6-2)14-10-8-9-13(16)15(14)12(3)17-4/h8-10,12,17H,5-7,11H2,1-4H3. The largest absolute Gasteiger partial charge is 0.371 e. The van der Waals surface area contributed by atoms with Crippen LogP contribution in [0.1, 0.15) is 45.2 Å². The van der Waals surface area contributed by atoms with Crippen LogP contribution in [0.4, 0.5) is 10.1 Å². The molecule has 0 saturated carbocycles. The number of hydrogen-bond acceptors (Lipinski definition) is 2. The molecule has 3 heteroatoms. The van der Waals surface area contributed by atoms with Crippen LogP contribution in [0, 0.1) is 5.82 Å². The first-order chi connectivity index (χ1) is 8.65. The molecule has 0 saturated heterocycles. The van der Waals surface area contributed by atoms with E-state index in [9.17, 15) is 4.39 Å². The van der Waals surface area contributed by atoms with Crippen LogP contribution in [-0.4, -0.2) is 20.1 Å². The minimum Gasteiger partial charge on any atom is -0.371 e. The zero-order valence-electron chi connectivity index (χ0n) is 12.0. The molecule has 102 valence electrons. The van der Waals surface area contributed by atoms with E-state index in [1.165, 1.54) is 0 Å². The molecular formula is C15H25FN2. The summed E-state index contributed by atoms with van der Waals surface area (Å²) in [4.78, 5) is 2.26. The highest BCUT2D eigenvalue weighted by molar-refractivity contribution is 5.55. The quantitative estimate of drug-likeness (QED) is 0.795. The Kier molecular flexibility index (Phi) is 6.13. The molecule has 1 aromatic rings. The van der Waals surface area contributed by atoms with Crippen molar-refractivity contribution in [3.05, 3.63) is 29.6 Å². The summed E-state index contributed by atoms with van der Waals surface area (Å²) in [6.45, 7) is 8.19. The molecule has 2 nitrogen and oxygen atoms in total. The molecule has 1 aromatic carbocycles. The van der Waals surface area contributed by atoms with E-state index in [0.29, 0.717) is 0 Å². The lowest BCUT2D eigenvalue weighted by Crippen LogP contribution is -2.27. The number of hydrogen-bond donors (Lipinski definition) is 1. The van der Waals surface area contributed by atoms with Gasteiger partial charge in [-0.05, 0) is 39.4 Å². The smallest absolute Gasteiger partial charge is 0.130 e. The molecule has 0 fully saturated rings. The highest BCUT2D eigenvalue weighted by Crippen LogP contribution is 2.29. The van der Waals surface area contributed by atoms with Crippen LogP contribution in [0.3, 0.4) is 0 Å². The van der Waals surface area contributed by atoms with Gasteiger partial charge in [-0.2, -0.15) is 0 Å². The lowest BCUT2D eigenvalue weighted by Gasteiger charge is -2.28. The van der Waals surface area contributed by atoms with Gasteiger partial charge in [-0.15, -0.1) is 0 Å². The fraction of sp³-hybridized carbons (Fsp3) is 0.600. The Morgan fingerprint density at radius 1 is 1.33 bits per heavy atom. The second kappa shape index (κ2) is 7.37. The normalized spacial score (nSPS) is 12.5. The zero-order valence-corrected chi connectivity index (χ0v) is 12.0. The Hall–Kier alpha value is -1.09. The van der Waals surface area contributed by atoms with Crippen molar-refractivity contribution in [1.29, 1.82) is 0 Å². The lowest BCUT2D eigenvalue weighted by molar-refractivity contribution is 0.559. The molecule has 0 amide bonds. The molecule has 1 atom stereocenters. The van der Waals surface area contributed by atoms with E-state index in [2.05, 4.69) is 24.1 Å². The van der Waals surface area contributed by atoms with Crippen LogP contribution in [0.2, 0.25) is 0 Å². The van der Waals surface area contributed by atoms with Crippen molar-refractivity contribution >= 4 is 5.69 Å². The molecule has 0 heterocycles. The van der Waals surface area contributed by atoms with Crippen LogP contribution in [0.25, 0.3) is 0 Å².